The van der Waals surface area contributed by atoms with Crippen molar-refractivity contribution < 1.29 is 19.1 Å². The first-order chi connectivity index (χ1) is 12.5. The lowest BCUT2D eigenvalue weighted by Gasteiger charge is -2.25. The highest BCUT2D eigenvalue weighted by molar-refractivity contribution is 7.99. The van der Waals surface area contributed by atoms with E-state index in [-0.39, 0.29) is 25.5 Å². The molecule has 2 aromatic carbocycles. The van der Waals surface area contributed by atoms with Crippen LogP contribution in [0, 0.1) is 0 Å². The van der Waals surface area contributed by atoms with Crippen molar-refractivity contribution in [2.24, 2.45) is 0 Å². The van der Waals surface area contributed by atoms with Crippen LogP contribution in [0.15, 0.2) is 53.4 Å². The monoisotopic (exact) mass is 389 g/mol. The quantitative estimate of drug-likeness (QED) is 0.328. The van der Waals surface area contributed by atoms with Crippen LogP contribution in [0.5, 0.6) is 0 Å². The molecular weight excluding hydrogens is 374 g/mol. The van der Waals surface area contributed by atoms with Gasteiger partial charge in [0.2, 0.25) is 5.91 Å². The van der Waals surface area contributed by atoms with Crippen molar-refractivity contribution in [1.82, 2.24) is 4.90 Å². The fourth-order valence-corrected chi connectivity index (χ4v) is 3.44. The number of carbonyl (C=O) groups excluding carboxylic acids is 3. The van der Waals surface area contributed by atoms with E-state index in [0.717, 1.165) is 9.80 Å². The van der Waals surface area contributed by atoms with Crippen LogP contribution in [0.25, 0.3) is 0 Å². The zero-order valence-corrected chi connectivity index (χ0v) is 15.4. The third kappa shape index (κ3) is 4.45. The Balaban J connectivity index is 1.48. The molecule has 0 saturated heterocycles. The van der Waals surface area contributed by atoms with Crippen molar-refractivity contribution in [2.45, 2.75) is 11.3 Å². The molecule has 0 radical (unpaired) electrons. The van der Waals surface area contributed by atoms with Crippen LogP contribution in [0.1, 0.15) is 15.9 Å². The Morgan fingerprint density at radius 3 is 2.62 bits per heavy atom. The summed E-state index contributed by atoms with van der Waals surface area (Å²) in [5.74, 6) is -0.869. The summed E-state index contributed by atoms with van der Waals surface area (Å²) < 4.78 is 5.14. The molecule has 2 amide bonds. The summed E-state index contributed by atoms with van der Waals surface area (Å²) >= 11 is 7.35. The van der Waals surface area contributed by atoms with E-state index in [4.69, 9.17) is 16.3 Å². The fourth-order valence-electron chi connectivity index (χ4n) is 2.58. The van der Waals surface area contributed by atoms with Gasteiger partial charge in [-0.2, -0.15) is 0 Å². The van der Waals surface area contributed by atoms with Crippen molar-refractivity contribution in [3.05, 3.63) is 64.7 Å². The van der Waals surface area contributed by atoms with Crippen LogP contribution >= 0.6 is 23.4 Å². The van der Waals surface area contributed by atoms with Crippen LogP contribution in [0.2, 0.25) is 5.02 Å². The minimum atomic E-state index is -0.595. The molecule has 0 spiro atoms. The zero-order chi connectivity index (χ0) is 18.5. The molecule has 0 bridgehead atoms. The molecule has 3 rings (SSSR count). The molecule has 5 nitrogen and oxygen atoms in total. The molecule has 1 aliphatic rings. The number of thioether (sulfide) groups is 1. The van der Waals surface area contributed by atoms with Gasteiger partial charge in [-0.1, -0.05) is 29.8 Å². The number of fused-ring (bicyclic) bond motifs is 1. The second-order valence-electron chi connectivity index (χ2n) is 5.64. The second kappa shape index (κ2) is 8.38. The third-order valence-corrected chi connectivity index (χ3v) is 5.08. The standard InChI is InChI=1S/C19H16ClNO4S/c20-14-5-7-15(8-6-14)26-10-9-25-18(23)12-21-17(22)11-13-3-1-2-4-16(13)19(21)24/h1-8H,9-12H2. The van der Waals surface area contributed by atoms with Crippen LogP contribution in [0.3, 0.4) is 0 Å². The van der Waals surface area contributed by atoms with Crippen molar-refractivity contribution >= 4 is 41.1 Å². The minimum Gasteiger partial charge on any atom is -0.463 e. The van der Waals surface area contributed by atoms with Crippen LogP contribution in [0.4, 0.5) is 0 Å². The summed E-state index contributed by atoms with van der Waals surface area (Å²) in [6, 6.07) is 14.3. The summed E-state index contributed by atoms with van der Waals surface area (Å²) in [6.07, 6.45) is 0.113. The van der Waals surface area contributed by atoms with Gasteiger partial charge in [0.25, 0.3) is 5.91 Å². The molecule has 0 aliphatic carbocycles. The Bertz CT molecular complexity index is 838. The summed E-state index contributed by atoms with van der Waals surface area (Å²) in [6.45, 7) is -0.170. The normalized spacial score (nSPS) is 13.5. The largest absolute Gasteiger partial charge is 0.463 e. The van der Waals surface area contributed by atoms with E-state index in [9.17, 15) is 14.4 Å². The molecule has 0 atom stereocenters. The molecule has 134 valence electrons. The average molecular weight is 390 g/mol. The van der Waals surface area contributed by atoms with Crippen LogP contribution in [-0.2, 0) is 20.7 Å². The summed E-state index contributed by atoms with van der Waals surface area (Å²) in [7, 11) is 0. The second-order valence-corrected chi connectivity index (χ2v) is 7.25. The number of imide groups is 1. The number of ether oxygens (including phenoxy) is 1. The van der Waals surface area contributed by atoms with Gasteiger partial charge in [0.15, 0.2) is 0 Å². The molecule has 0 aromatic heterocycles. The van der Waals surface area contributed by atoms with Gasteiger partial charge in [-0.15, -0.1) is 11.8 Å². The Morgan fingerprint density at radius 2 is 1.85 bits per heavy atom. The SMILES string of the molecule is O=C(CN1C(=O)Cc2ccccc2C1=O)OCCSc1ccc(Cl)cc1. The maximum atomic E-state index is 12.4. The number of esters is 1. The predicted octanol–water partition coefficient (Wildman–Crippen LogP) is 3.20. The Labute approximate surface area is 160 Å². The maximum absolute atomic E-state index is 12.4. The van der Waals surface area contributed by atoms with E-state index < -0.39 is 11.9 Å². The number of halogens is 1. The molecule has 1 aliphatic heterocycles. The highest BCUT2D eigenvalue weighted by atomic mass is 35.5. The topological polar surface area (TPSA) is 63.7 Å². The number of hydrogen-bond acceptors (Lipinski definition) is 5. The molecule has 26 heavy (non-hydrogen) atoms. The van der Waals surface area contributed by atoms with Crippen LogP contribution < -0.4 is 0 Å². The van der Waals surface area contributed by atoms with Gasteiger partial charge in [-0.3, -0.25) is 19.3 Å². The van der Waals surface area contributed by atoms with Crippen molar-refractivity contribution in [2.75, 3.05) is 18.9 Å². The lowest BCUT2D eigenvalue weighted by molar-refractivity contribution is -0.147. The molecule has 2 aromatic rings. The third-order valence-electron chi connectivity index (χ3n) is 3.85. The number of benzene rings is 2. The first-order valence-electron chi connectivity index (χ1n) is 8.01. The zero-order valence-electron chi connectivity index (χ0n) is 13.8. The summed E-state index contributed by atoms with van der Waals surface area (Å²) in [5, 5.41) is 0.665. The number of hydrogen-bond donors (Lipinski definition) is 0. The Kier molecular flexibility index (Phi) is 5.96. The van der Waals surface area contributed by atoms with E-state index in [0.29, 0.717) is 21.9 Å². The number of nitrogens with zero attached hydrogens (tertiary/aromatic N) is 1. The molecular formula is C19H16ClNO4S. The number of rotatable bonds is 6. The van der Waals surface area contributed by atoms with Crippen molar-refractivity contribution in [3.63, 3.8) is 0 Å². The van der Waals surface area contributed by atoms with Gasteiger partial charge in [0.1, 0.15) is 13.2 Å². The van der Waals surface area contributed by atoms with Gasteiger partial charge >= 0.3 is 5.97 Å². The highest BCUT2D eigenvalue weighted by Gasteiger charge is 2.32. The number of amides is 2. The van der Waals surface area contributed by atoms with E-state index in [1.54, 1.807) is 36.4 Å². The summed E-state index contributed by atoms with van der Waals surface area (Å²) in [4.78, 5) is 38.5. The smallest absolute Gasteiger partial charge is 0.326 e. The minimum absolute atomic E-state index is 0.113. The molecule has 0 N–H and O–H groups in total. The van der Waals surface area contributed by atoms with Gasteiger partial charge in [-0.25, -0.2) is 0 Å². The van der Waals surface area contributed by atoms with Gasteiger partial charge < -0.3 is 4.74 Å². The molecule has 7 heteroatoms. The Hall–Kier alpha value is -2.31. The number of carbonyl (C=O) groups is 3. The molecule has 0 unspecified atom stereocenters. The lowest BCUT2D eigenvalue weighted by atomic mass is 9.98. The van der Waals surface area contributed by atoms with Crippen LogP contribution in [-0.4, -0.2) is 41.6 Å². The van der Waals surface area contributed by atoms with E-state index in [1.165, 1.54) is 11.8 Å². The van der Waals surface area contributed by atoms with E-state index >= 15 is 0 Å². The van der Waals surface area contributed by atoms with Gasteiger partial charge in [0.05, 0.1) is 6.42 Å². The Morgan fingerprint density at radius 1 is 1.12 bits per heavy atom. The maximum Gasteiger partial charge on any atom is 0.326 e. The predicted molar refractivity (Wildman–Crippen MR) is 99.3 cm³/mol. The lowest BCUT2D eigenvalue weighted by Crippen LogP contribution is -2.45. The molecule has 1 heterocycles. The summed E-state index contributed by atoms with van der Waals surface area (Å²) in [5.41, 5.74) is 1.14. The van der Waals surface area contributed by atoms with Gasteiger partial charge in [0, 0.05) is 21.2 Å². The van der Waals surface area contributed by atoms with Gasteiger partial charge in [-0.05, 0) is 35.9 Å². The fraction of sp³-hybridized carbons (Fsp3) is 0.211. The van der Waals surface area contributed by atoms with Crippen molar-refractivity contribution in [3.8, 4) is 0 Å². The highest BCUT2D eigenvalue weighted by Crippen LogP contribution is 2.21. The van der Waals surface area contributed by atoms with E-state index in [1.807, 2.05) is 12.1 Å². The average Bonchev–Trinajstić information content (AvgIpc) is 2.64. The van der Waals surface area contributed by atoms with E-state index in [2.05, 4.69) is 0 Å². The first-order valence-corrected chi connectivity index (χ1v) is 9.37. The first kappa shape index (κ1) is 18.5. The van der Waals surface area contributed by atoms with Crippen molar-refractivity contribution in [1.29, 1.82) is 0 Å². The molecule has 0 saturated carbocycles. The molecule has 0 fully saturated rings.